The van der Waals surface area contributed by atoms with Gasteiger partial charge in [-0.15, -0.1) is 0 Å². The van der Waals surface area contributed by atoms with Crippen molar-refractivity contribution in [2.75, 3.05) is 37.8 Å². The van der Waals surface area contributed by atoms with E-state index in [1.165, 1.54) is 6.42 Å². The van der Waals surface area contributed by atoms with E-state index in [2.05, 4.69) is 10.2 Å². The van der Waals surface area contributed by atoms with Gasteiger partial charge in [-0.1, -0.05) is 18.6 Å². The molecule has 29 heavy (non-hydrogen) atoms. The summed E-state index contributed by atoms with van der Waals surface area (Å²) in [5.74, 6) is 1.16. The Morgan fingerprint density at radius 2 is 2.03 bits per heavy atom. The standard InChI is InChI=1S/C21H28N2O5S/c1-2-27-19-8-6-7-15-11-16(12-28-20(15)19)21(24)22-17-13-29(25,26)14-18(17)23-9-4-3-5-10-23/h6-8,11,17-18H,2-5,9-10,12-14H2,1H3,(H,22,24). The second-order valence-electron chi connectivity index (χ2n) is 7.89. The molecule has 1 amide bonds. The van der Waals surface area contributed by atoms with Gasteiger partial charge in [0.25, 0.3) is 5.91 Å². The maximum absolute atomic E-state index is 12.9. The van der Waals surface area contributed by atoms with Crippen LogP contribution in [0.15, 0.2) is 23.8 Å². The normalized spacial score (nSPS) is 26.2. The first-order chi connectivity index (χ1) is 14.0. The Morgan fingerprint density at radius 1 is 1.24 bits per heavy atom. The number of nitrogens with zero attached hydrogens (tertiary/aromatic N) is 1. The van der Waals surface area contributed by atoms with Crippen molar-refractivity contribution in [3.63, 3.8) is 0 Å². The fourth-order valence-corrected chi connectivity index (χ4v) is 6.37. The maximum Gasteiger partial charge on any atom is 0.250 e. The van der Waals surface area contributed by atoms with Crippen LogP contribution in [0.2, 0.25) is 0 Å². The van der Waals surface area contributed by atoms with Crippen LogP contribution in [0.3, 0.4) is 0 Å². The SMILES string of the molecule is CCOc1cccc2c1OCC(C(=O)NC1CS(=O)(=O)CC1N1CCCCC1)=C2. The highest BCUT2D eigenvalue weighted by molar-refractivity contribution is 7.91. The van der Waals surface area contributed by atoms with Crippen molar-refractivity contribution in [3.05, 3.63) is 29.3 Å². The molecule has 7 nitrogen and oxygen atoms in total. The van der Waals surface area contributed by atoms with Gasteiger partial charge < -0.3 is 14.8 Å². The minimum atomic E-state index is -3.15. The first-order valence-corrected chi connectivity index (χ1v) is 12.1. The van der Waals surface area contributed by atoms with Gasteiger partial charge in [-0.3, -0.25) is 9.69 Å². The molecule has 3 heterocycles. The van der Waals surface area contributed by atoms with Gasteiger partial charge in [0.15, 0.2) is 21.3 Å². The van der Waals surface area contributed by atoms with E-state index in [1.807, 2.05) is 25.1 Å². The summed E-state index contributed by atoms with van der Waals surface area (Å²) in [4.78, 5) is 15.1. The lowest BCUT2D eigenvalue weighted by molar-refractivity contribution is -0.118. The van der Waals surface area contributed by atoms with Gasteiger partial charge in [0, 0.05) is 11.6 Å². The number of fused-ring (bicyclic) bond motifs is 1. The van der Waals surface area contributed by atoms with Crippen LogP contribution >= 0.6 is 0 Å². The predicted molar refractivity (Wildman–Crippen MR) is 111 cm³/mol. The summed E-state index contributed by atoms with van der Waals surface area (Å²) in [5, 5.41) is 2.98. The van der Waals surface area contributed by atoms with Gasteiger partial charge >= 0.3 is 0 Å². The third-order valence-electron chi connectivity index (χ3n) is 5.80. The van der Waals surface area contributed by atoms with Crippen molar-refractivity contribution in [2.24, 2.45) is 0 Å². The third-order valence-corrected chi connectivity index (χ3v) is 7.52. The number of sulfone groups is 1. The van der Waals surface area contributed by atoms with Crippen LogP contribution in [0.5, 0.6) is 11.5 Å². The molecular formula is C21H28N2O5S. The summed E-state index contributed by atoms with van der Waals surface area (Å²) in [5.41, 5.74) is 1.28. The zero-order valence-corrected chi connectivity index (χ0v) is 17.5. The van der Waals surface area contributed by atoms with Gasteiger partial charge in [0.1, 0.15) is 6.61 Å². The molecule has 0 bridgehead atoms. The first kappa shape index (κ1) is 20.2. The maximum atomic E-state index is 12.9. The summed E-state index contributed by atoms with van der Waals surface area (Å²) >= 11 is 0. The minimum Gasteiger partial charge on any atom is -0.490 e. The summed E-state index contributed by atoms with van der Waals surface area (Å²) in [6.07, 6.45) is 5.14. The number of likely N-dealkylation sites (tertiary alicyclic amines) is 1. The molecule has 1 aromatic carbocycles. The molecule has 158 valence electrons. The van der Waals surface area contributed by atoms with Crippen LogP contribution in [-0.2, 0) is 14.6 Å². The lowest BCUT2D eigenvalue weighted by Crippen LogP contribution is -2.52. The molecule has 0 radical (unpaired) electrons. The molecule has 0 aromatic heterocycles. The van der Waals surface area contributed by atoms with Crippen molar-refractivity contribution in [2.45, 2.75) is 38.3 Å². The highest BCUT2D eigenvalue weighted by Gasteiger charge is 2.42. The van der Waals surface area contributed by atoms with Crippen molar-refractivity contribution in [1.29, 1.82) is 0 Å². The Hall–Kier alpha value is -2.06. The molecule has 4 rings (SSSR count). The van der Waals surface area contributed by atoms with Gasteiger partial charge in [-0.05, 0) is 45.0 Å². The van der Waals surface area contributed by atoms with E-state index in [0.29, 0.717) is 23.7 Å². The predicted octanol–water partition coefficient (Wildman–Crippen LogP) is 1.63. The quantitative estimate of drug-likeness (QED) is 0.779. The fourth-order valence-electron chi connectivity index (χ4n) is 4.42. The Kier molecular flexibility index (Phi) is 5.83. The van der Waals surface area contributed by atoms with Crippen LogP contribution in [0, 0.1) is 0 Å². The summed E-state index contributed by atoms with van der Waals surface area (Å²) < 4.78 is 36.0. The first-order valence-electron chi connectivity index (χ1n) is 10.3. The lowest BCUT2D eigenvalue weighted by atomic mass is 10.0. The number of benzene rings is 1. The van der Waals surface area contributed by atoms with Crippen LogP contribution in [0.25, 0.3) is 6.08 Å². The number of para-hydroxylation sites is 1. The number of rotatable bonds is 5. The fraction of sp³-hybridized carbons (Fsp3) is 0.571. The molecule has 1 N–H and O–H groups in total. The second kappa shape index (κ2) is 8.36. The van der Waals surface area contributed by atoms with E-state index in [0.717, 1.165) is 31.5 Å². The Balaban J connectivity index is 1.50. The Labute approximate surface area is 172 Å². The third kappa shape index (κ3) is 4.43. The summed E-state index contributed by atoms with van der Waals surface area (Å²) in [6, 6.07) is 5.05. The summed E-state index contributed by atoms with van der Waals surface area (Å²) in [7, 11) is -3.15. The molecule has 0 spiro atoms. The molecule has 3 aliphatic heterocycles. The van der Waals surface area contributed by atoms with Crippen LogP contribution in [0.4, 0.5) is 0 Å². The zero-order valence-electron chi connectivity index (χ0n) is 16.7. The monoisotopic (exact) mass is 420 g/mol. The number of hydrogen-bond acceptors (Lipinski definition) is 6. The number of carbonyl (C=O) groups is 1. The van der Waals surface area contributed by atoms with Crippen LogP contribution in [0.1, 0.15) is 31.7 Å². The smallest absolute Gasteiger partial charge is 0.250 e. The van der Waals surface area contributed by atoms with E-state index in [9.17, 15) is 13.2 Å². The molecule has 2 saturated heterocycles. The van der Waals surface area contributed by atoms with E-state index in [1.54, 1.807) is 6.08 Å². The molecule has 3 aliphatic rings. The van der Waals surface area contributed by atoms with Gasteiger partial charge in [-0.2, -0.15) is 0 Å². The molecule has 2 atom stereocenters. The van der Waals surface area contributed by atoms with Crippen LogP contribution in [-0.4, -0.2) is 69.1 Å². The number of carbonyl (C=O) groups excluding carboxylic acids is 1. The molecule has 0 saturated carbocycles. The number of hydrogen-bond donors (Lipinski definition) is 1. The molecule has 2 unspecified atom stereocenters. The van der Waals surface area contributed by atoms with Crippen molar-refractivity contribution < 1.29 is 22.7 Å². The topological polar surface area (TPSA) is 84.9 Å². The van der Waals surface area contributed by atoms with E-state index in [-0.39, 0.29) is 36.1 Å². The highest BCUT2D eigenvalue weighted by atomic mass is 32.2. The van der Waals surface area contributed by atoms with Gasteiger partial charge in [-0.25, -0.2) is 8.42 Å². The molecular weight excluding hydrogens is 392 g/mol. The molecule has 8 heteroatoms. The highest BCUT2D eigenvalue weighted by Crippen LogP contribution is 2.36. The average molecular weight is 421 g/mol. The van der Waals surface area contributed by atoms with E-state index < -0.39 is 9.84 Å². The minimum absolute atomic E-state index is 0.000874. The molecule has 2 fully saturated rings. The number of amides is 1. The van der Waals surface area contributed by atoms with Gasteiger partial charge in [0.2, 0.25) is 0 Å². The number of ether oxygens (including phenoxy) is 2. The number of nitrogens with one attached hydrogen (secondary N) is 1. The Bertz CT molecular complexity index is 906. The largest absolute Gasteiger partial charge is 0.490 e. The van der Waals surface area contributed by atoms with Crippen molar-refractivity contribution in [1.82, 2.24) is 10.2 Å². The molecule has 0 aliphatic carbocycles. The Morgan fingerprint density at radius 3 is 2.79 bits per heavy atom. The average Bonchev–Trinajstić information content (AvgIpc) is 3.02. The van der Waals surface area contributed by atoms with Crippen molar-refractivity contribution in [3.8, 4) is 11.5 Å². The lowest BCUT2D eigenvalue weighted by Gasteiger charge is -2.35. The second-order valence-corrected chi connectivity index (χ2v) is 10.0. The number of piperidine rings is 1. The van der Waals surface area contributed by atoms with Crippen LogP contribution < -0.4 is 14.8 Å². The van der Waals surface area contributed by atoms with E-state index >= 15 is 0 Å². The van der Waals surface area contributed by atoms with E-state index in [4.69, 9.17) is 9.47 Å². The molecule has 1 aromatic rings. The summed E-state index contributed by atoms with van der Waals surface area (Å²) in [6.45, 7) is 4.37. The zero-order chi connectivity index (χ0) is 20.4. The van der Waals surface area contributed by atoms with Gasteiger partial charge in [0.05, 0.1) is 29.7 Å². The van der Waals surface area contributed by atoms with Crippen molar-refractivity contribution >= 4 is 21.8 Å².